The number of nitrogens with zero attached hydrogens (tertiary/aromatic N) is 3. The SMILES string of the molecule is CCNC(=NCc1csc(-c2ccc(OC)cc2)n1)NCc1sc(C)nc1C.I. The van der Waals surface area contributed by atoms with Crippen molar-refractivity contribution in [3.63, 3.8) is 0 Å². The van der Waals surface area contributed by atoms with Crippen molar-refractivity contribution in [3.05, 3.63) is 50.9 Å². The minimum Gasteiger partial charge on any atom is -0.497 e. The largest absolute Gasteiger partial charge is 0.497 e. The minimum absolute atomic E-state index is 0. The van der Waals surface area contributed by atoms with Crippen LogP contribution in [0.25, 0.3) is 10.6 Å². The number of thiazole rings is 2. The van der Waals surface area contributed by atoms with Crippen LogP contribution in [0.3, 0.4) is 0 Å². The number of ether oxygens (including phenoxy) is 1. The number of aromatic nitrogens is 2. The van der Waals surface area contributed by atoms with Crippen molar-refractivity contribution in [2.24, 2.45) is 4.99 Å². The van der Waals surface area contributed by atoms with Gasteiger partial charge >= 0.3 is 0 Å². The van der Waals surface area contributed by atoms with E-state index in [4.69, 9.17) is 9.72 Å². The zero-order valence-electron chi connectivity index (χ0n) is 17.0. The van der Waals surface area contributed by atoms with Crippen LogP contribution in [0.2, 0.25) is 0 Å². The van der Waals surface area contributed by atoms with Crippen LogP contribution < -0.4 is 15.4 Å². The van der Waals surface area contributed by atoms with Crippen molar-refractivity contribution in [1.82, 2.24) is 20.6 Å². The van der Waals surface area contributed by atoms with Crippen molar-refractivity contribution in [2.45, 2.75) is 33.9 Å². The molecule has 1 aromatic carbocycles. The van der Waals surface area contributed by atoms with E-state index in [9.17, 15) is 0 Å². The van der Waals surface area contributed by atoms with Crippen LogP contribution in [0.4, 0.5) is 0 Å². The molecule has 0 atom stereocenters. The summed E-state index contributed by atoms with van der Waals surface area (Å²) < 4.78 is 5.21. The van der Waals surface area contributed by atoms with Gasteiger partial charge in [0.2, 0.25) is 0 Å². The van der Waals surface area contributed by atoms with Gasteiger partial charge in [-0.1, -0.05) is 0 Å². The average molecular weight is 544 g/mol. The van der Waals surface area contributed by atoms with E-state index in [1.54, 1.807) is 29.8 Å². The van der Waals surface area contributed by atoms with E-state index in [0.29, 0.717) is 6.54 Å². The number of aliphatic imine (C=N–C) groups is 1. The van der Waals surface area contributed by atoms with Crippen LogP contribution in [-0.2, 0) is 13.1 Å². The highest BCUT2D eigenvalue weighted by Gasteiger charge is 2.07. The first-order valence-electron chi connectivity index (χ1n) is 9.13. The fourth-order valence-electron chi connectivity index (χ4n) is 2.65. The molecule has 3 aromatic rings. The number of halogens is 1. The molecule has 2 N–H and O–H groups in total. The van der Waals surface area contributed by atoms with Crippen LogP contribution in [0.1, 0.15) is 28.2 Å². The first-order valence-corrected chi connectivity index (χ1v) is 10.8. The molecule has 0 saturated carbocycles. The maximum absolute atomic E-state index is 5.21. The molecular formula is C20H26IN5OS2. The summed E-state index contributed by atoms with van der Waals surface area (Å²) in [6.45, 7) is 8.19. The Bertz CT molecular complexity index is 937. The highest BCUT2D eigenvalue weighted by Crippen LogP contribution is 2.26. The molecule has 0 spiro atoms. The molecule has 0 radical (unpaired) electrons. The lowest BCUT2D eigenvalue weighted by Gasteiger charge is -2.10. The topological polar surface area (TPSA) is 71.4 Å². The van der Waals surface area contributed by atoms with Crippen molar-refractivity contribution >= 4 is 52.6 Å². The highest BCUT2D eigenvalue weighted by atomic mass is 127. The first-order chi connectivity index (χ1) is 13.6. The maximum Gasteiger partial charge on any atom is 0.191 e. The van der Waals surface area contributed by atoms with Crippen molar-refractivity contribution < 1.29 is 4.74 Å². The zero-order chi connectivity index (χ0) is 19.9. The molecule has 2 heterocycles. The van der Waals surface area contributed by atoms with E-state index in [2.05, 4.69) is 32.9 Å². The summed E-state index contributed by atoms with van der Waals surface area (Å²) in [4.78, 5) is 15.1. The lowest BCUT2D eigenvalue weighted by atomic mass is 10.2. The molecule has 0 aliphatic rings. The van der Waals surface area contributed by atoms with E-state index in [0.717, 1.165) is 51.8 Å². The van der Waals surface area contributed by atoms with Crippen molar-refractivity contribution in [1.29, 1.82) is 0 Å². The summed E-state index contributed by atoms with van der Waals surface area (Å²) in [5.74, 6) is 1.63. The third kappa shape index (κ3) is 6.65. The number of methoxy groups -OCH3 is 1. The minimum atomic E-state index is 0. The third-order valence-electron chi connectivity index (χ3n) is 4.05. The molecule has 0 aliphatic carbocycles. The predicted molar refractivity (Wildman–Crippen MR) is 133 cm³/mol. The van der Waals surface area contributed by atoms with Gasteiger partial charge in [0, 0.05) is 22.4 Å². The third-order valence-corrected chi connectivity index (χ3v) is 6.06. The van der Waals surface area contributed by atoms with Crippen molar-refractivity contribution in [3.8, 4) is 16.3 Å². The van der Waals surface area contributed by atoms with Crippen LogP contribution in [0.5, 0.6) is 5.75 Å². The smallest absolute Gasteiger partial charge is 0.191 e. The van der Waals surface area contributed by atoms with Crippen LogP contribution >= 0.6 is 46.7 Å². The number of benzene rings is 1. The fraction of sp³-hybridized carbons (Fsp3) is 0.350. The van der Waals surface area contributed by atoms with Gasteiger partial charge in [0.1, 0.15) is 10.8 Å². The van der Waals surface area contributed by atoms with Crippen LogP contribution in [-0.4, -0.2) is 29.6 Å². The molecule has 0 amide bonds. The Morgan fingerprint density at radius 2 is 1.90 bits per heavy atom. The number of hydrogen-bond acceptors (Lipinski definition) is 6. The Kier molecular flexibility index (Phi) is 9.31. The molecule has 0 unspecified atom stereocenters. The first kappa shape index (κ1) is 23.6. The Balaban J connectivity index is 0.00000300. The molecule has 29 heavy (non-hydrogen) atoms. The summed E-state index contributed by atoms with van der Waals surface area (Å²) in [7, 11) is 1.67. The Morgan fingerprint density at radius 3 is 2.52 bits per heavy atom. The van der Waals surface area contributed by atoms with E-state index < -0.39 is 0 Å². The molecule has 0 aliphatic heterocycles. The van der Waals surface area contributed by atoms with Crippen LogP contribution in [0.15, 0.2) is 34.6 Å². The van der Waals surface area contributed by atoms with E-state index in [1.807, 2.05) is 38.1 Å². The van der Waals surface area contributed by atoms with Crippen LogP contribution in [0, 0.1) is 13.8 Å². The van der Waals surface area contributed by atoms with E-state index >= 15 is 0 Å². The number of aryl methyl sites for hydroxylation is 2. The monoisotopic (exact) mass is 543 g/mol. The standard InChI is InChI=1S/C20H25N5OS2.HI/c1-5-21-20(23-11-18-13(2)24-14(3)28-18)22-10-16-12-27-19(25-16)15-6-8-17(26-4)9-7-15;/h6-9,12H,5,10-11H2,1-4H3,(H2,21,22,23);1H. The molecular weight excluding hydrogens is 517 g/mol. The number of guanidine groups is 1. The second-order valence-corrected chi connectivity index (χ2v) is 8.31. The second-order valence-electron chi connectivity index (χ2n) is 6.16. The quantitative estimate of drug-likeness (QED) is 0.255. The summed E-state index contributed by atoms with van der Waals surface area (Å²) >= 11 is 3.34. The van der Waals surface area contributed by atoms with Crippen molar-refractivity contribution in [2.75, 3.05) is 13.7 Å². The van der Waals surface area contributed by atoms with Gasteiger partial charge in [-0.05, 0) is 45.0 Å². The molecule has 3 rings (SSSR count). The van der Waals surface area contributed by atoms with E-state index in [-0.39, 0.29) is 24.0 Å². The molecule has 9 heteroatoms. The molecule has 156 valence electrons. The maximum atomic E-state index is 5.21. The second kappa shape index (κ2) is 11.5. The Hall–Kier alpha value is -1.72. The number of nitrogens with one attached hydrogen (secondary N) is 2. The zero-order valence-corrected chi connectivity index (χ0v) is 20.9. The van der Waals surface area contributed by atoms with Gasteiger partial charge in [-0.15, -0.1) is 46.7 Å². The summed E-state index contributed by atoms with van der Waals surface area (Å²) in [5, 5.41) is 10.8. The normalized spacial score (nSPS) is 11.1. The molecule has 0 fully saturated rings. The number of hydrogen-bond donors (Lipinski definition) is 2. The van der Waals surface area contributed by atoms with Gasteiger partial charge < -0.3 is 15.4 Å². The summed E-state index contributed by atoms with van der Waals surface area (Å²) in [6, 6.07) is 7.95. The lowest BCUT2D eigenvalue weighted by Crippen LogP contribution is -2.36. The molecule has 0 bridgehead atoms. The summed E-state index contributed by atoms with van der Waals surface area (Å²) in [6.07, 6.45) is 0. The number of rotatable bonds is 7. The fourth-order valence-corrected chi connectivity index (χ4v) is 4.34. The lowest BCUT2D eigenvalue weighted by molar-refractivity contribution is 0.415. The van der Waals surface area contributed by atoms with Gasteiger partial charge in [-0.25, -0.2) is 15.0 Å². The van der Waals surface area contributed by atoms with E-state index in [1.165, 1.54) is 4.88 Å². The Morgan fingerprint density at radius 1 is 1.14 bits per heavy atom. The molecule has 2 aromatic heterocycles. The van der Waals surface area contributed by atoms with Gasteiger partial charge in [0.05, 0.1) is 36.6 Å². The average Bonchev–Trinajstić information content (AvgIpc) is 3.30. The summed E-state index contributed by atoms with van der Waals surface area (Å²) in [5.41, 5.74) is 3.12. The van der Waals surface area contributed by atoms with Gasteiger partial charge in [0.25, 0.3) is 0 Å². The van der Waals surface area contributed by atoms with Gasteiger partial charge in [-0.3, -0.25) is 0 Å². The molecule has 0 saturated heterocycles. The Labute approximate surface area is 196 Å². The highest BCUT2D eigenvalue weighted by molar-refractivity contribution is 14.0. The molecule has 6 nitrogen and oxygen atoms in total. The predicted octanol–water partition coefficient (Wildman–Crippen LogP) is 4.77. The van der Waals surface area contributed by atoms with Gasteiger partial charge in [-0.2, -0.15) is 0 Å². The van der Waals surface area contributed by atoms with Gasteiger partial charge in [0.15, 0.2) is 5.96 Å².